The summed E-state index contributed by atoms with van der Waals surface area (Å²) in [6.07, 6.45) is 14.9. The highest BCUT2D eigenvalue weighted by molar-refractivity contribution is 5.94. The van der Waals surface area contributed by atoms with Crippen LogP contribution in [0.5, 0.6) is 0 Å². The molecule has 0 bridgehead atoms. The molecule has 39 heavy (non-hydrogen) atoms. The van der Waals surface area contributed by atoms with E-state index in [1.807, 2.05) is 56.4 Å². The smallest absolute Gasteiger partial charge is 0.254 e. The molecular formula is C31H40N6O2. The average molecular weight is 529 g/mol. The summed E-state index contributed by atoms with van der Waals surface area (Å²) >= 11 is 0. The maximum atomic E-state index is 12.3. The van der Waals surface area contributed by atoms with E-state index in [1.165, 1.54) is 17.2 Å². The van der Waals surface area contributed by atoms with Gasteiger partial charge in [0.2, 0.25) is 0 Å². The number of pyridine rings is 2. The normalized spacial score (nSPS) is 14.8. The monoisotopic (exact) mass is 528 g/mol. The molecule has 2 aromatic rings. The van der Waals surface area contributed by atoms with Gasteiger partial charge in [-0.3, -0.25) is 24.5 Å². The summed E-state index contributed by atoms with van der Waals surface area (Å²) < 4.78 is 0. The van der Waals surface area contributed by atoms with Crippen molar-refractivity contribution in [3.05, 3.63) is 88.3 Å². The van der Waals surface area contributed by atoms with Crippen molar-refractivity contribution in [2.24, 2.45) is 0 Å². The number of allylic oxidation sites excluding steroid dienone is 2. The number of anilines is 1. The second-order valence-corrected chi connectivity index (χ2v) is 10.1. The molecular weight excluding hydrogens is 488 g/mol. The third-order valence-corrected chi connectivity index (χ3v) is 6.75. The van der Waals surface area contributed by atoms with E-state index in [-0.39, 0.29) is 5.91 Å². The van der Waals surface area contributed by atoms with Gasteiger partial charge in [-0.1, -0.05) is 17.7 Å². The molecule has 0 saturated heterocycles. The first kappa shape index (κ1) is 29.5. The van der Waals surface area contributed by atoms with Crippen LogP contribution in [0.25, 0.3) is 11.6 Å². The number of aromatic nitrogens is 2. The van der Waals surface area contributed by atoms with Crippen LogP contribution >= 0.6 is 0 Å². The molecule has 0 aliphatic carbocycles. The number of aldehydes is 1. The lowest BCUT2D eigenvalue weighted by Gasteiger charge is -2.27. The Labute approximate surface area is 232 Å². The molecule has 3 rings (SSSR count). The van der Waals surface area contributed by atoms with Crippen LogP contribution in [-0.2, 0) is 4.79 Å². The van der Waals surface area contributed by atoms with Crippen LogP contribution in [0.1, 0.15) is 46.2 Å². The van der Waals surface area contributed by atoms with Gasteiger partial charge in [-0.25, -0.2) is 0 Å². The third-order valence-electron chi connectivity index (χ3n) is 6.75. The Hall–Kier alpha value is -4.04. The van der Waals surface area contributed by atoms with Gasteiger partial charge in [-0.2, -0.15) is 0 Å². The molecule has 1 aliphatic heterocycles. The standard InChI is InChI=1S/C31H40N6O2/c1-22(18-28-24(3)33-13-8-29(28)36(7)14-11-27(32-4)12-17-38)21-37-15-9-25(10-16-37)30-23(2)19-26(20-34-30)31(39)35(5)6/h8-9,11-14,17-20,32H,10,15-16,21H2,1-7H3/b14-11-,22-18+,27-12+. The zero-order valence-electron chi connectivity index (χ0n) is 24.2. The second-order valence-electron chi connectivity index (χ2n) is 10.1. The minimum Gasteiger partial charge on any atom is -0.388 e. The Morgan fingerprint density at radius 2 is 1.97 bits per heavy atom. The Balaban J connectivity index is 1.72. The zero-order chi connectivity index (χ0) is 28.5. The molecule has 8 nitrogen and oxygen atoms in total. The van der Waals surface area contributed by atoms with E-state index in [4.69, 9.17) is 0 Å². The Morgan fingerprint density at radius 3 is 2.59 bits per heavy atom. The quantitative estimate of drug-likeness (QED) is 0.281. The minimum atomic E-state index is -0.0325. The first-order valence-corrected chi connectivity index (χ1v) is 13.1. The van der Waals surface area contributed by atoms with Gasteiger partial charge in [0.25, 0.3) is 5.91 Å². The van der Waals surface area contributed by atoms with E-state index in [9.17, 15) is 9.59 Å². The molecule has 0 aromatic carbocycles. The Morgan fingerprint density at radius 1 is 1.21 bits per heavy atom. The number of carbonyl (C=O) groups is 2. The third kappa shape index (κ3) is 7.74. The summed E-state index contributed by atoms with van der Waals surface area (Å²) in [5.41, 5.74) is 8.92. The molecule has 0 atom stereocenters. The predicted octanol–water partition coefficient (Wildman–Crippen LogP) is 4.24. The molecule has 1 aliphatic rings. The van der Waals surface area contributed by atoms with Gasteiger partial charge < -0.3 is 15.1 Å². The van der Waals surface area contributed by atoms with Crippen molar-refractivity contribution in [2.75, 3.05) is 52.7 Å². The number of carbonyl (C=O) groups excluding carboxylic acids is 2. The van der Waals surface area contributed by atoms with Crippen LogP contribution in [0.2, 0.25) is 0 Å². The molecule has 2 aromatic heterocycles. The molecule has 1 N–H and O–H groups in total. The number of hydrogen-bond donors (Lipinski definition) is 1. The van der Waals surface area contributed by atoms with Crippen LogP contribution in [-0.4, -0.2) is 79.8 Å². The SMILES string of the molecule is CNC(/C=C\N(C)c1ccnc(C)c1/C=C(\C)CN1CC=C(c2ncc(C(=O)N(C)C)cc2C)CC1)=C/C=O. The first-order valence-electron chi connectivity index (χ1n) is 13.1. The number of likely N-dealkylation sites (N-methyl/N-ethyl adjacent to an activating group) is 1. The summed E-state index contributed by atoms with van der Waals surface area (Å²) in [4.78, 5) is 38.3. The number of nitrogens with one attached hydrogen (secondary N) is 1. The highest BCUT2D eigenvalue weighted by Gasteiger charge is 2.18. The maximum absolute atomic E-state index is 12.3. The topological polar surface area (TPSA) is 81.7 Å². The molecule has 0 unspecified atom stereocenters. The molecule has 0 spiro atoms. The van der Waals surface area contributed by atoms with Gasteiger partial charge in [0.15, 0.2) is 0 Å². The van der Waals surface area contributed by atoms with E-state index in [1.54, 1.807) is 32.2 Å². The van der Waals surface area contributed by atoms with E-state index in [2.05, 4.69) is 39.3 Å². The van der Waals surface area contributed by atoms with Crippen LogP contribution in [0, 0.1) is 13.8 Å². The van der Waals surface area contributed by atoms with Crippen LogP contribution in [0.15, 0.2) is 60.2 Å². The molecule has 0 saturated carbocycles. The van der Waals surface area contributed by atoms with Crippen LogP contribution < -0.4 is 10.2 Å². The van der Waals surface area contributed by atoms with Crippen molar-refractivity contribution in [2.45, 2.75) is 27.2 Å². The number of aryl methyl sites for hydroxylation is 2. The summed E-state index contributed by atoms with van der Waals surface area (Å²) in [5, 5.41) is 3.00. The van der Waals surface area contributed by atoms with E-state index in [0.717, 1.165) is 66.2 Å². The second kappa shape index (κ2) is 13.7. The van der Waals surface area contributed by atoms with Gasteiger partial charge in [0.05, 0.1) is 16.9 Å². The van der Waals surface area contributed by atoms with E-state index in [0.29, 0.717) is 5.56 Å². The predicted molar refractivity (Wildman–Crippen MR) is 159 cm³/mol. The zero-order valence-corrected chi connectivity index (χ0v) is 24.2. The lowest BCUT2D eigenvalue weighted by Crippen LogP contribution is -2.30. The lowest BCUT2D eigenvalue weighted by atomic mass is 9.99. The molecule has 0 radical (unpaired) electrons. The van der Waals surface area contributed by atoms with Gasteiger partial charge in [-0.15, -0.1) is 0 Å². The largest absolute Gasteiger partial charge is 0.388 e. The van der Waals surface area contributed by atoms with Crippen molar-refractivity contribution < 1.29 is 9.59 Å². The average Bonchev–Trinajstić information content (AvgIpc) is 2.92. The fourth-order valence-corrected chi connectivity index (χ4v) is 4.62. The van der Waals surface area contributed by atoms with Crippen molar-refractivity contribution in [1.82, 2.24) is 25.1 Å². The van der Waals surface area contributed by atoms with Crippen molar-refractivity contribution in [3.63, 3.8) is 0 Å². The summed E-state index contributed by atoms with van der Waals surface area (Å²) in [5.74, 6) is -0.0325. The Bertz CT molecular complexity index is 1320. The van der Waals surface area contributed by atoms with Crippen LogP contribution in [0.4, 0.5) is 5.69 Å². The fourth-order valence-electron chi connectivity index (χ4n) is 4.62. The molecule has 1 amide bonds. The number of nitrogens with zero attached hydrogens (tertiary/aromatic N) is 5. The molecule has 206 valence electrons. The maximum Gasteiger partial charge on any atom is 0.254 e. The minimum absolute atomic E-state index is 0.0325. The Kier molecular flexibility index (Phi) is 10.3. The van der Waals surface area contributed by atoms with Crippen molar-refractivity contribution >= 4 is 29.5 Å². The van der Waals surface area contributed by atoms with Gasteiger partial charge in [-0.05, 0) is 56.5 Å². The highest BCUT2D eigenvalue weighted by Crippen LogP contribution is 2.27. The number of hydrogen-bond acceptors (Lipinski definition) is 7. The number of rotatable bonds is 10. The lowest BCUT2D eigenvalue weighted by molar-refractivity contribution is -0.104. The number of amides is 1. The van der Waals surface area contributed by atoms with Gasteiger partial charge >= 0.3 is 0 Å². The summed E-state index contributed by atoms with van der Waals surface area (Å²) in [6, 6.07) is 3.94. The molecule has 0 fully saturated rings. The molecule has 8 heteroatoms. The summed E-state index contributed by atoms with van der Waals surface area (Å²) in [6.45, 7) is 8.83. The van der Waals surface area contributed by atoms with Gasteiger partial charge in [0, 0.05) is 89.4 Å². The van der Waals surface area contributed by atoms with Crippen LogP contribution in [0.3, 0.4) is 0 Å². The van der Waals surface area contributed by atoms with Gasteiger partial charge in [0.1, 0.15) is 6.29 Å². The van der Waals surface area contributed by atoms with E-state index >= 15 is 0 Å². The van der Waals surface area contributed by atoms with Crippen molar-refractivity contribution in [1.29, 1.82) is 0 Å². The molecule has 3 heterocycles. The van der Waals surface area contributed by atoms with E-state index < -0.39 is 0 Å². The first-order chi connectivity index (χ1) is 18.6. The fraction of sp³-hybridized carbons (Fsp3) is 0.355. The summed E-state index contributed by atoms with van der Waals surface area (Å²) in [7, 11) is 7.28. The highest BCUT2D eigenvalue weighted by atomic mass is 16.2. The van der Waals surface area contributed by atoms with Crippen molar-refractivity contribution in [3.8, 4) is 0 Å².